The normalized spacial score (nSPS) is 10.3. The van der Waals surface area contributed by atoms with E-state index in [4.69, 9.17) is 41.2 Å². The van der Waals surface area contributed by atoms with E-state index in [9.17, 15) is 0 Å². The van der Waals surface area contributed by atoms with Crippen molar-refractivity contribution in [2.75, 3.05) is 5.32 Å². The Morgan fingerprint density at radius 2 is 1.63 bits per heavy atom. The number of halogens is 2. The Labute approximate surface area is 127 Å². The molecule has 5 heteroatoms. The average Bonchev–Trinajstić information content (AvgIpc) is 2.33. The molecule has 3 N–H and O–H groups in total. The maximum absolute atomic E-state index is 6.01. The van der Waals surface area contributed by atoms with Gasteiger partial charge >= 0.3 is 0 Å². The van der Waals surface area contributed by atoms with E-state index in [1.807, 2.05) is 25.1 Å². The van der Waals surface area contributed by atoms with Gasteiger partial charge in [-0.25, -0.2) is 0 Å². The summed E-state index contributed by atoms with van der Waals surface area (Å²) in [6.07, 6.45) is 0. The van der Waals surface area contributed by atoms with Gasteiger partial charge in [0.25, 0.3) is 0 Å². The Bertz CT molecular complexity index is 641. The van der Waals surface area contributed by atoms with E-state index in [1.165, 1.54) is 0 Å². The van der Waals surface area contributed by atoms with Crippen LogP contribution in [0.25, 0.3) is 0 Å². The molecule has 0 saturated heterocycles. The van der Waals surface area contributed by atoms with Crippen LogP contribution in [0.2, 0.25) is 10.0 Å². The Kier molecular flexibility index (Phi) is 4.30. The minimum atomic E-state index is 0.318. The van der Waals surface area contributed by atoms with Crippen molar-refractivity contribution in [3.8, 4) is 0 Å². The molecule has 0 amide bonds. The molecule has 0 aromatic heterocycles. The van der Waals surface area contributed by atoms with Crippen LogP contribution in [0.1, 0.15) is 11.1 Å². The van der Waals surface area contributed by atoms with E-state index in [1.54, 1.807) is 18.2 Å². The molecular weight excluding hydrogens is 299 g/mol. The van der Waals surface area contributed by atoms with E-state index in [2.05, 4.69) is 5.32 Å². The number of hydrogen-bond acceptors (Lipinski definition) is 2. The Hall–Kier alpha value is -1.29. The number of aryl methyl sites for hydroxylation is 1. The van der Waals surface area contributed by atoms with Crippen LogP contribution in [-0.4, -0.2) is 4.99 Å². The standard InChI is InChI=1S/C14H12Cl2N2S/c1-8-2-3-9(15)6-12(8)18-13-7-10(16)4-5-11(13)14(17)19/h2-7,18H,1H3,(H2,17,19). The lowest BCUT2D eigenvalue weighted by atomic mass is 10.1. The van der Waals surface area contributed by atoms with Gasteiger partial charge < -0.3 is 11.1 Å². The van der Waals surface area contributed by atoms with Gasteiger partial charge in [-0.1, -0.05) is 41.5 Å². The second kappa shape index (κ2) is 5.78. The molecule has 0 aliphatic heterocycles. The van der Waals surface area contributed by atoms with Crippen molar-refractivity contribution in [1.82, 2.24) is 0 Å². The van der Waals surface area contributed by atoms with Gasteiger partial charge in [0.15, 0.2) is 0 Å². The minimum Gasteiger partial charge on any atom is -0.389 e. The average molecular weight is 311 g/mol. The molecule has 0 saturated carbocycles. The summed E-state index contributed by atoms with van der Waals surface area (Å²) in [5.41, 5.74) is 9.19. The molecule has 0 atom stereocenters. The molecule has 2 nitrogen and oxygen atoms in total. The van der Waals surface area contributed by atoms with Gasteiger partial charge in [0, 0.05) is 21.3 Å². The lowest BCUT2D eigenvalue weighted by Crippen LogP contribution is -2.12. The third-order valence-electron chi connectivity index (χ3n) is 2.72. The van der Waals surface area contributed by atoms with E-state index in [0.29, 0.717) is 15.0 Å². The molecule has 0 radical (unpaired) electrons. The van der Waals surface area contributed by atoms with Crippen molar-refractivity contribution in [2.24, 2.45) is 5.73 Å². The summed E-state index contributed by atoms with van der Waals surface area (Å²) >= 11 is 17.0. The highest BCUT2D eigenvalue weighted by molar-refractivity contribution is 7.80. The number of nitrogens with one attached hydrogen (secondary N) is 1. The lowest BCUT2D eigenvalue weighted by Gasteiger charge is -2.14. The second-order valence-corrected chi connectivity index (χ2v) is 5.45. The van der Waals surface area contributed by atoms with E-state index in [0.717, 1.165) is 22.5 Å². The molecule has 0 fully saturated rings. The van der Waals surface area contributed by atoms with Crippen molar-refractivity contribution in [2.45, 2.75) is 6.92 Å². The van der Waals surface area contributed by atoms with Gasteiger partial charge in [-0.3, -0.25) is 0 Å². The highest BCUT2D eigenvalue weighted by Gasteiger charge is 2.08. The Morgan fingerprint density at radius 1 is 1.05 bits per heavy atom. The zero-order valence-electron chi connectivity index (χ0n) is 10.2. The molecule has 0 unspecified atom stereocenters. The number of anilines is 2. The maximum atomic E-state index is 6.01. The zero-order chi connectivity index (χ0) is 14.0. The van der Waals surface area contributed by atoms with Gasteiger partial charge in [-0.15, -0.1) is 0 Å². The molecule has 0 bridgehead atoms. The first kappa shape index (κ1) is 14.1. The highest BCUT2D eigenvalue weighted by atomic mass is 35.5. The van der Waals surface area contributed by atoms with Crippen LogP contribution in [0, 0.1) is 6.92 Å². The van der Waals surface area contributed by atoms with Crippen LogP contribution in [0.5, 0.6) is 0 Å². The lowest BCUT2D eigenvalue weighted by molar-refractivity contribution is 1.42. The fourth-order valence-corrected chi connectivity index (χ4v) is 2.23. The van der Waals surface area contributed by atoms with E-state index in [-0.39, 0.29) is 0 Å². The van der Waals surface area contributed by atoms with Crippen molar-refractivity contribution < 1.29 is 0 Å². The van der Waals surface area contributed by atoms with Gasteiger partial charge in [0.2, 0.25) is 0 Å². The van der Waals surface area contributed by atoms with Gasteiger partial charge in [-0.05, 0) is 42.8 Å². The summed E-state index contributed by atoms with van der Waals surface area (Å²) in [7, 11) is 0. The second-order valence-electron chi connectivity index (χ2n) is 4.14. The number of thiocarbonyl (C=S) groups is 1. The summed E-state index contributed by atoms with van der Waals surface area (Å²) < 4.78 is 0. The van der Waals surface area contributed by atoms with E-state index >= 15 is 0 Å². The number of nitrogens with two attached hydrogens (primary N) is 1. The molecule has 2 aromatic rings. The third kappa shape index (κ3) is 3.38. The predicted molar refractivity (Wildman–Crippen MR) is 86.8 cm³/mol. The Morgan fingerprint density at radius 3 is 2.26 bits per heavy atom. The third-order valence-corrected chi connectivity index (χ3v) is 3.41. The minimum absolute atomic E-state index is 0.318. The molecule has 0 aliphatic rings. The summed E-state index contributed by atoms with van der Waals surface area (Å²) in [6.45, 7) is 1.99. The van der Waals surface area contributed by atoms with Crippen molar-refractivity contribution in [3.63, 3.8) is 0 Å². The van der Waals surface area contributed by atoms with Crippen LogP contribution < -0.4 is 11.1 Å². The van der Waals surface area contributed by atoms with Crippen molar-refractivity contribution in [1.29, 1.82) is 0 Å². The molecule has 19 heavy (non-hydrogen) atoms. The first-order valence-corrected chi connectivity index (χ1v) is 6.76. The summed E-state index contributed by atoms with van der Waals surface area (Å²) in [6, 6.07) is 11.0. The molecule has 0 spiro atoms. The monoisotopic (exact) mass is 310 g/mol. The van der Waals surface area contributed by atoms with Crippen LogP contribution in [0.4, 0.5) is 11.4 Å². The van der Waals surface area contributed by atoms with Crippen LogP contribution in [0.15, 0.2) is 36.4 Å². The highest BCUT2D eigenvalue weighted by Crippen LogP contribution is 2.28. The first-order chi connectivity index (χ1) is 8.97. The smallest absolute Gasteiger partial charge is 0.106 e. The van der Waals surface area contributed by atoms with Crippen LogP contribution in [-0.2, 0) is 0 Å². The van der Waals surface area contributed by atoms with Crippen molar-refractivity contribution >= 4 is 51.8 Å². The number of rotatable bonds is 3. The molecule has 2 aromatic carbocycles. The van der Waals surface area contributed by atoms with Crippen LogP contribution in [0.3, 0.4) is 0 Å². The molecule has 98 valence electrons. The fourth-order valence-electron chi connectivity index (χ4n) is 1.71. The summed E-state index contributed by atoms with van der Waals surface area (Å²) in [5, 5.41) is 4.54. The van der Waals surface area contributed by atoms with Gasteiger partial charge in [-0.2, -0.15) is 0 Å². The predicted octanol–water partition coefficient (Wildman–Crippen LogP) is 4.68. The summed E-state index contributed by atoms with van der Waals surface area (Å²) in [4.78, 5) is 0.318. The summed E-state index contributed by atoms with van der Waals surface area (Å²) in [5.74, 6) is 0. The van der Waals surface area contributed by atoms with Gasteiger partial charge in [0.1, 0.15) is 4.99 Å². The van der Waals surface area contributed by atoms with Crippen molar-refractivity contribution in [3.05, 3.63) is 57.6 Å². The molecule has 2 rings (SSSR count). The maximum Gasteiger partial charge on any atom is 0.106 e. The van der Waals surface area contributed by atoms with Crippen LogP contribution >= 0.6 is 35.4 Å². The SMILES string of the molecule is Cc1ccc(Cl)cc1Nc1cc(Cl)ccc1C(N)=S. The topological polar surface area (TPSA) is 38.0 Å². The first-order valence-electron chi connectivity index (χ1n) is 5.60. The number of benzene rings is 2. The molecule has 0 aliphatic carbocycles. The largest absolute Gasteiger partial charge is 0.389 e. The zero-order valence-corrected chi connectivity index (χ0v) is 12.5. The Balaban J connectivity index is 2.45. The number of hydrogen-bond donors (Lipinski definition) is 2. The van der Waals surface area contributed by atoms with E-state index < -0.39 is 0 Å². The van der Waals surface area contributed by atoms with Gasteiger partial charge in [0.05, 0.1) is 5.69 Å². The fraction of sp³-hybridized carbons (Fsp3) is 0.0714. The molecular formula is C14H12Cl2N2S. The quantitative estimate of drug-likeness (QED) is 0.808. The molecule has 0 heterocycles.